The number of aryl methyl sites for hydroxylation is 2. The van der Waals surface area contributed by atoms with E-state index < -0.39 is 0 Å². The van der Waals surface area contributed by atoms with E-state index in [0.717, 1.165) is 61.7 Å². The predicted octanol–water partition coefficient (Wildman–Crippen LogP) is 4.07. The predicted molar refractivity (Wildman–Crippen MR) is 119 cm³/mol. The minimum absolute atomic E-state index is 0.111. The molecular formula is C25H34N4O. The molecule has 1 N–H and O–H groups in total. The molecule has 1 saturated heterocycles. The molecule has 1 aromatic carbocycles. The highest BCUT2D eigenvalue weighted by molar-refractivity contribution is 5.79. The van der Waals surface area contributed by atoms with Gasteiger partial charge >= 0.3 is 0 Å². The molecule has 2 aliphatic rings. The van der Waals surface area contributed by atoms with E-state index in [2.05, 4.69) is 40.5 Å². The molecule has 1 aliphatic carbocycles. The lowest BCUT2D eigenvalue weighted by molar-refractivity contribution is -0.121. The number of aromatic nitrogens is 2. The van der Waals surface area contributed by atoms with Crippen molar-refractivity contribution in [2.75, 3.05) is 13.1 Å². The Balaban J connectivity index is 1.37. The fourth-order valence-electron chi connectivity index (χ4n) is 4.92. The van der Waals surface area contributed by atoms with Gasteiger partial charge in [-0.25, -0.2) is 9.97 Å². The number of benzene rings is 1. The lowest BCUT2D eigenvalue weighted by Gasteiger charge is -2.23. The monoisotopic (exact) mass is 406 g/mol. The molecule has 30 heavy (non-hydrogen) atoms. The SMILES string of the molecule is Cc1nc([C@@H]2CCN(Cc3ccccc3)C2)nc(C)c1CC(=O)NC1CCCCC1. The van der Waals surface area contributed by atoms with Gasteiger partial charge in [-0.3, -0.25) is 9.69 Å². The number of amides is 1. The summed E-state index contributed by atoms with van der Waals surface area (Å²) >= 11 is 0. The highest BCUT2D eigenvalue weighted by Crippen LogP contribution is 2.27. The zero-order valence-electron chi connectivity index (χ0n) is 18.4. The van der Waals surface area contributed by atoms with E-state index in [0.29, 0.717) is 18.4 Å². The van der Waals surface area contributed by atoms with Crippen molar-refractivity contribution >= 4 is 5.91 Å². The van der Waals surface area contributed by atoms with Crippen LogP contribution in [0.15, 0.2) is 30.3 Å². The molecule has 2 heterocycles. The number of hydrogen-bond donors (Lipinski definition) is 1. The van der Waals surface area contributed by atoms with Crippen molar-refractivity contribution < 1.29 is 4.79 Å². The number of carbonyl (C=O) groups excluding carboxylic acids is 1. The summed E-state index contributed by atoms with van der Waals surface area (Å²) in [5, 5.41) is 3.22. The Morgan fingerprint density at radius 3 is 2.43 bits per heavy atom. The van der Waals surface area contributed by atoms with Gasteiger partial charge < -0.3 is 5.32 Å². The largest absolute Gasteiger partial charge is 0.353 e. The maximum Gasteiger partial charge on any atom is 0.224 e. The van der Waals surface area contributed by atoms with E-state index in [1.807, 2.05) is 13.8 Å². The van der Waals surface area contributed by atoms with Gasteiger partial charge in [0.25, 0.3) is 0 Å². The minimum Gasteiger partial charge on any atom is -0.353 e. The van der Waals surface area contributed by atoms with Crippen molar-refractivity contribution in [3.63, 3.8) is 0 Å². The van der Waals surface area contributed by atoms with Crippen LogP contribution in [-0.2, 0) is 17.8 Å². The average Bonchev–Trinajstić information content (AvgIpc) is 3.20. The second kappa shape index (κ2) is 9.69. The van der Waals surface area contributed by atoms with Crippen LogP contribution in [0.4, 0.5) is 0 Å². The molecule has 1 atom stereocenters. The van der Waals surface area contributed by atoms with Crippen molar-refractivity contribution in [2.24, 2.45) is 0 Å². The second-order valence-corrected chi connectivity index (χ2v) is 9.02. The van der Waals surface area contributed by atoms with Crippen molar-refractivity contribution in [3.05, 3.63) is 58.7 Å². The molecule has 2 aromatic rings. The van der Waals surface area contributed by atoms with Gasteiger partial charge in [0, 0.05) is 42.0 Å². The molecule has 1 aromatic heterocycles. The van der Waals surface area contributed by atoms with Crippen LogP contribution in [0.5, 0.6) is 0 Å². The highest BCUT2D eigenvalue weighted by Gasteiger charge is 2.27. The maximum atomic E-state index is 12.6. The van der Waals surface area contributed by atoms with E-state index in [-0.39, 0.29) is 5.91 Å². The first-order valence-electron chi connectivity index (χ1n) is 11.5. The smallest absolute Gasteiger partial charge is 0.224 e. The third-order valence-electron chi connectivity index (χ3n) is 6.63. The van der Waals surface area contributed by atoms with Crippen LogP contribution in [0.1, 0.15) is 72.8 Å². The summed E-state index contributed by atoms with van der Waals surface area (Å²) in [6, 6.07) is 11.0. The maximum absolute atomic E-state index is 12.6. The Bertz CT molecular complexity index is 838. The second-order valence-electron chi connectivity index (χ2n) is 9.02. The Kier molecular flexibility index (Phi) is 6.78. The van der Waals surface area contributed by atoms with Crippen molar-refractivity contribution in [2.45, 2.75) is 77.3 Å². The number of hydrogen-bond acceptors (Lipinski definition) is 4. The fourth-order valence-corrected chi connectivity index (χ4v) is 4.92. The third kappa shape index (κ3) is 5.25. The fraction of sp³-hybridized carbons (Fsp3) is 0.560. The Labute approximate surface area is 180 Å². The van der Waals surface area contributed by atoms with E-state index in [9.17, 15) is 4.79 Å². The van der Waals surface area contributed by atoms with Gasteiger partial charge in [-0.2, -0.15) is 0 Å². The van der Waals surface area contributed by atoms with E-state index in [1.165, 1.54) is 24.8 Å². The average molecular weight is 407 g/mol. The molecule has 0 spiro atoms. The first-order valence-corrected chi connectivity index (χ1v) is 11.5. The summed E-state index contributed by atoms with van der Waals surface area (Å²) in [4.78, 5) is 24.7. The van der Waals surface area contributed by atoms with Gasteiger partial charge in [-0.1, -0.05) is 49.6 Å². The molecule has 0 bridgehead atoms. The number of likely N-dealkylation sites (tertiary alicyclic amines) is 1. The molecule has 160 valence electrons. The van der Waals surface area contributed by atoms with Crippen LogP contribution in [-0.4, -0.2) is 39.9 Å². The van der Waals surface area contributed by atoms with Gasteiger partial charge in [0.05, 0.1) is 6.42 Å². The highest BCUT2D eigenvalue weighted by atomic mass is 16.1. The molecule has 1 amide bonds. The van der Waals surface area contributed by atoms with Crippen LogP contribution in [0.2, 0.25) is 0 Å². The van der Waals surface area contributed by atoms with Crippen molar-refractivity contribution in [1.82, 2.24) is 20.2 Å². The molecule has 1 saturated carbocycles. The van der Waals surface area contributed by atoms with E-state index >= 15 is 0 Å². The van der Waals surface area contributed by atoms with Crippen LogP contribution >= 0.6 is 0 Å². The van der Waals surface area contributed by atoms with Gasteiger partial charge in [-0.05, 0) is 45.2 Å². The Morgan fingerprint density at radius 1 is 1.03 bits per heavy atom. The lowest BCUT2D eigenvalue weighted by atomic mass is 9.95. The minimum atomic E-state index is 0.111. The molecule has 5 heteroatoms. The van der Waals surface area contributed by atoms with Crippen molar-refractivity contribution in [1.29, 1.82) is 0 Å². The summed E-state index contributed by atoms with van der Waals surface area (Å²) in [5.41, 5.74) is 4.26. The topological polar surface area (TPSA) is 58.1 Å². The Morgan fingerprint density at radius 2 is 1.73 bits per heavy atom. The van der Waals surface area contributed by atoms with E-state index in [1.54, 1.807) is 0 Å². The lowest BCUT2D eigenvalue weighted by Crippen LogP contribution is -2.37. The first-order chi connectivity index (χ1) is 14.6. The summed E-state index contributed by atoms with van der Waals surface area (Å²) < 4.78 is 0. The molecule has 0 unspecified atom stereocenters. The number of rotatable bonds is 6. The van der Waals surface area contributed by atoms with Gasteiger partial charge in [0.2, 0.25) is 5.91 Å². The number of carbonyl (C=O) groups is 1. The first kappa shape index (κ1) is 21.0. The third-order valence-corrected chi connectivity index (χ3v) is 6.63. The summed E-state index contributed by atoms with van der Waals surface area (Å²) in [5.74, 6) is 1.42. The molecule has 2 fully saturated rings. The van der Waals surface area contributed by atoms with Gasteiger partial charge in [0.1, 0.15) is 5.82 Å². The zero-order valence-corrected chi connectivity index (χ0v) is 18.4. The molecule has 0 radical (unpaired) electrons. The Hall–Kier alpha value is -2.27. The van der Waals surface area contributed by atoms with Crippen LogP contribution < -0.4 is 5.32 Å². The summed E-state index contributed by atoms with van der Waals surface area (Å²) in [6.07, 6.45) is 7.45. The van der Waals surface area contributed by atoms with Gasteiger partial charge in [0.15, 0.2) is 0 Å². The quantitative estimate of drug-likeness (QED) is 0.785. The molecular weight excluding hydrogens is 372 g/mol. The number of nitrogens with zero attached hydrogens (tertiary/aromatic N) is 3. The summed E-state index contributed by atoms with van der Waals surface area (Å²) in [7, 11) is 0. The molecule has 4 rings (SSSR count). The van der Waals surface area contributed by atoms with Gasteiger partial charge in [-0.15, -0.1) is 0 Å². The zero-order chi connectivity index (χ0) is 20.9. The van der Waals surface area contributed by atoms with Crippen LogP contribution in [0.25, 0.3) is 0 Å². The number of nitrogens with one attached hydrogen (secondary N) is 1. The molecule has 5 nitrogen and oxygen atoms in total. The summed E-state index contributed by atoms with van der Waals surface area (Å²) in [6.45, 7) is 7.10. The normalized spacial score (nSPS) is 20.4. The standard InChI is InChI=1S/C25H34N4O/c1-18-23(15-24(30)28-22-11-7-4-8-12-22)19(2)27-25(26-18)21-13-14-29(17-21)16-20-9-5-3-6-10-20/h3,5-6,9-10,21-22H,4,7-8,11-17H2,1-2H3,(H,28,30)/t21-/m1/s1. The van der Waals surface area contributed by atoms with Crippen LogP contribution in [0, 0.1) is 13.8 Å². The molecule has 1 aliphatic heterocycles. The van der Waals surface area contributed by atoms with Crippen LogP contribution in [0.3, 0.4) is 0 Å². The van der Waals surface area contributed by atoms with E-state index in [4.69, 9.17) is 9.97 Å². The van der Waals surface area contributed by atoms with Crippen molar-refractivity contribution in [3.8, 4) is 0 Å².